The van der Waals surface area contributed by atoms with Crippen LogP contribution in [0.1, 0.15) is 6.92 Å². The molecule has 1 amide bonds. The van der Waals surface area contributed by atoms with Gasteiger partial charge in [0.15, 0.2) is 6.10 Å². The zero-order chi connectivity index (χ0) is 13.0. The number of carbonyl (C=O) groups excluding carboxylic acids is 1. The van der Waals surface area contributed by atoms with Crippen LogP contribution in [-0.4, -0.2) is 43.5 Å². The molecule has 1 fully saturated rings. The third-order valence-corrected chi connectivity index (χ3v) is 2.80. The zero-order valence-corrected chi connectivity index (χ0v) is 10.3. The van der Waals surface area contributed by atoms with Crippen molar-refractivity contribution in [2.45, 2.75) is 13.0 Å². The summed E-state index contributed by atoms with van der Waals surface area (Å²) in [5.41, 5.74) is 0.728. The average Bonchev–Trinajstić information content (AvgIpc) is 2.40. The Kier molecular flexibility index (Phi) is 4.17. The SMILES string of the molecule is CCOc1ccccc1N1CCOC(CO)C1=O. The molecule has 0 radical (unpaired) electrons. The number of nitrogens with zero attached hydrogens (tertiary/aromatic N) is 1. The zero-order valence-electron chi connectivity index (χ0n) is 10.3. The third kappa shape index (κ3) is 2.47. The number of anilines is 1. The molecule has 18 heavy (non-hydrogen) atoms. The lowest BCUT2D eigenvalue weighted by Crippen LogP contribution is -2.49. The van der Waals surface area contributed by atoms with Crippen molar-refractivity contribution in [2.24, 2.45) is 0 Å². The number of para-hydroxylation sites is 2. The van der Waals surface area contributed by atoms with E-state index in [1.807, 2.05) is 31.2 Å². The Labute approximate surface area is 106 Å². The molecular weight excluding hydrogens is 234 g/mol. The van der Waals surface area contributed by atoms with Crippen LogP contribution in [0.25, 0.3) is 0 Å². The van der Waals surface area contributed by atoms with Gasteiger partial charge in [-0.25, -0.2) is 0 Å². The van der Waals surface area contributed by atoms with Crippen molar-refractivity contribution in [2.75, 3.05) is 31.3 Å². The van der Waals surface area contributed by atoms with Gasteiger partial charge in [0.05, 0.1) is 25.5 Å². The third-order valence-electron chi connectivity index (χ3n) is 2.80. The summed E-state index contributed by atoms with van der Waals surface area (Å²) in [6, 6.07) is 7.38. The number of hydrogen-bond acceptors (Lipinski definition) is 4. The molecule has 1 saturated heterocycles. The first-order chi connectivity index (χ1) is 8.77. The molecular formula is C13H17NO4. The number of rotatable bonds is 4. The van der Waals surface area contributed by atoms with Gasteiger partial charge in [0.1, 0.15) is 5.75 Å². The van der Waals surface area contributed by atoms with Crippen molar-refractivity contribution < 1.29 is 19.4 Å². The van der Waals surface area contributed by atoms with Crippen molar-refractivity contribution in [3.63, 3.8) is 0 Å². The molecule has 1 aliphatic heterocycles. The monoisotopic (exact) mass is 251 g/mol. The maximum Gasteiger partial charge on any atom is 0.258 e. The summed E-state index contributed by atoms with van der Waals surface area (Å²) in [4.78, 5) is 13.7. The van der Waals surface area contributed by atoms with Crippen molar-refractivity contribution >= 4 is 11.6 Å². The molecule has 0 bridgehead atoms. The Morgan fingerprint density at radius 1 is 1.50 bits per heavy atom. The molecule has 5 nitrogen and oxygen atoms in total. The van der Waals surface area contributed by atoms with E-state index in [0.29, 0.717) is 25.5 Å². The molecule has 2 rings (SSSR count). The highest BCUT2D eigenvalue weighted by atomic mass is 16.5. The lowest BCUT2D eigenvalue weighted by molar-refractivity contribution is -0.136. The molecule has 1 unspecified atom stereocenters. The molecule has 1 heterocycles. The van der Waals surface area contributed by atoms with Crippen LogP contribution in [-0.2, 0) is 9.53 Å². The van der Waals surface area contributed by atoms with E-state index in [1.165, 1.54) is 0 Å². The maximum absolute atomic E-state index is 12.1. The van der Waals surface area contributed by atoms with Crippen LogP contribution in [0.3, 0.4) is 0 Å². The average molecular weight is 251 g/mol. The van der Waals surface area contributed by atoms with Gasteiger partial charge < -0.3 is 19.5 Å². The van der Waals surface area contributed by atoms with Crippen LogP contribution in [0, 0.1) is 0 Å². The Bertz CT molecular complexity index is 421. The molecule has 5 heteroatoms. The van der Waals surface area contributed by atoms with Crippen molar-refractivity contribution in [3.05, 3.63) is 24.3 Å². The summed E-state index contributed by atoms with van der Waals surface area (Å²) in [5.74, 6) is 0.447. The van der Waals surface area contributed by atoms with Crippen LogP contribution in [0.15, 0.2) is 24.3 Å². The quantitative estimate of drug-likeness (QED) is 0.860. The lowest BCUT2D eigenvalue weighted by Gasteiger charge is -2.32. The van der Waals surface area contributed by atoms with E-state index in [1.54, 1.807) is 4.90 Å². The summed E-state index contributed by atoms with van der Waals surface area (Å²) in [5, 5.41) is 9.10. The van der Waals surface area contributed by atoms with E-state index in [9.17, 15) is 4.79 Å². The van der Waals surface area contributed by atoms with E-state index in [4.69, 9.17) is 14.6 Å². The number of morpholine rings is 1. The Balaban J connectivity index is 2.27. The normalized spacial score (nSPS) is 20.0. The Morgan fingerprint density at radius 2 is 2.28 bits per heavy atom. The second kappa shape index (κ2) is 5.84. The second-order valence-corrected chi connectivity index (χ2v) is 3.93. The number of carbonyl (C=O) groups is 1. The van der Waals surface area contributed by atoms with E-state index in [0.717, 1.165) is 5.69 Å². The lowest BCUT2D eigenvalue weighted by atomic mass is 10.2. The summed E-state index contributed by atoms with van der Waals surface area (Å²) in [6.45, 7) is 3.02. The number of aliphatic hydroxyl groups excluding tert-OH is 1. The summed E-state index contributed by atoms with van der Waals surface area (Å²) in [6.07, 6.45) is -0.770. The first kappa shape index (κ1) is 12.9. The van der Waals surface area contributed by atoms with E-state index in [2.05, 4.69) is 0 Å². The highest BCUT2D eigenvalue weighted by molar-refractivity contribution is 5.98. The smallest absolute Gasteiger partial charge is 0.258 e. The molecule has 1 aromatic carbocycles. The minimum absolute atomic E-state index is 0.226. The minimum atomic E-state index is -0.770. The largest absolute Gasteiger partial charge is 0.492 e. The van der Waals surface area contributed by atoms with E-state index >= 15 is 0 Å². The van der Waals surface area contributed by atoms with Gasteiger partial charge in [0, 0.05) is 6.54 Å². The molecule has 1 aliphatic rings. The maximum atomic E-state index is 12.1. The van der Waals surface area contributed by atoms with Gasteiger partial charge in [-0.2, -0.15) is 0 Å². The molecule has 0 aromatic heterocycles. The van der Waals surface area contributed by atoms with Gasteiger partial charge in [-0.15, -0.1) is 0 Å². The molecule has 0 aliphatic carbocycles. The first-order valence-corrected chi connectivity index (χ1v) is 6.03. The van der Waals surface area contributed by atoms with Gasteiger partial charge in [-0.1, -0.05) is 12.1 Å². The molecule has 98 valence electrons. The van der Waals surface area contributed by atoms with Crippen molar-refractivity contribution in [1.82, 2.24) is 0 Å². The van der Waals surface area contributed by atoms with Crippen molar-refractivity contribution in [3.8, 4) is 5.75 Å². The van der Waals surface area contributed by atoms with Gasteiger partial charge in [-0.05, 0) is 19.1 Å². The molecule has 1 atom stereocenters. The summed E-state index contributed by atoms with van der Waals surface area (Å²) < 4.78 is 10.7. The highest BCUT2D eigenvalue weighted by Crippen LogP contribution is 2.29. The van der Waals surface area contributed by atoms with Gasteiger partial charge in [0.2, 0.25) is 0 Å². The minimum Gasteiger partial charge on any atom is -0.492 e. The Morgan fingerprint density at radius 3 is 3.00 bits per heavy atom. The number of ether oxygens (including phenoxy) is 2. The van der Waals surface area contributed by atoms with Gasteiger partial charge in [0.25, 0.3) is 5.91 Å². The molecule has 0 saturated carbocycles. The fourth-order valence-corrected chi connectivity index (χ4v) is 1.97. The number of benzene rings is 1. The molecule has 0 spiro atoms. The van der Waals surface area contributed by atoms with Crippen LogP contribution >= 0.6 is 0 Å². The topological polar surface area (TPSA) is 59.0 Å². The fraction of sp³-hybridized carbons (Fsp3) is 0.462. The fourth-order valence-electron chi connectivity index (χ4n) is 1.97. The second-order valence-electron chi connectivity index (χ2n) is 3.93. The number of hydrogen-bond donors (Lipinski definition) is 1. The molecule has 1 N–H and O–H groups in total. The standard InChI is InChI=1S/C13H17NO4/c1-2-17-11-6-4-3-5-10(11)14-7-8-18-12(9-15)13(14)16/h3-6,12,15H,2,7-9H2,1H3. The van der Waals surface area contributed by atoms with Crippen LogP contribution < -0.4 is 9.64 Å². The number of aliphatic hydroxyl groups is 1. The predicted octanol–water partition coefficient (Wildman–Crippen LogP) is 0.809. The first-order valence-electron chi connectivity index (χ1n) is 6.03. The van der Waals surface area contributed by atoms with Gasteiger partial charge >= 0.3 is 0 Å². The summed E-state index contributed by atoms with van der Waals surface area (Å²) >= 11 is 0. The predicted molar refractivity (Wildman–Crippen MR) is 66.8 cm³/mol. The van der Waals surface area contributed by atoms with Crippen molar-refractivity contribution in [1.29, 1.82) is 0 Å². The van der Waals surface area contributed by atoms with Crippen LogP contribution in [0.2, 0.25) is 0 Å². The Hall–Kier alpha value is -1.59. The summed E-state index contributed by atoms with van der Waals surface area (Å²) in [7, 11) is 0. The van der Waals surface area contributed by atoms with Crippen LogP contribution in [0.5, 0.6) is 5.75 Å². The van der Waals surface area contributed by atoms with E-state index < -0.39 is 6.10 Å². The molecule has 1 aromatic rings. The van der Waals surface area contributed by atoms with Crippen LogP contribution in [0.4, 0.5) is 5.69 Å². The highest BCUT2D eigenvalue weighted by Gasteiger charge is 2.31. The van der Waals surface area contributed by atoms with Gasteiger partial charge in [-0.3, -0.25) is 4.79 Å². The van der Waals surface area contributed by atoms with E-state index in [-0.39, 0.29) is 12.5 Å². The number of amides is 1.